The summed E-state index contributed by atoms with van der Waals surface area (Å²) >= 11 is 0. The molecule has 0 aromatic rings. The van der Waals surface area contributed by atoms with Crippen LogP contribution in [0.15, 0.2) is 0 Å². The zero-order valence-electron chi connectivity index (χ0n) is 77.6. The highest BCUT2D eigenvalue weighted by Gasteiger charge is 2.55. The second kappa shape index (κ2) is 75.4. The van der Waals surface area contributed by atoms with E-state index in [1.807, 2.05) is 0 Å². The van der Waals surface area contributed by atoms with Gasteiger partial charge in [-0.1, -0.05) is 369 Å². The minimum absolute atomic E-state index is 0.0575. The maximum absolute atomic E-state index is 15.1. The number of carbonyl (C=O) groups is 6. The average molecular weight is 1800 g/mol. The lowest BCUT2D eigenvalue weighted by atomic mass is 9.95. The monoisotopic (exact) mass is 1800 g/mol. The molecule has 724 valence electrons. The van der Waals surface area contributed by atoms with Crippen molar-refractivity contribution in [2.45, 2.75) is 551 Å². The van der Waals surface area contributed by atoms with Gasteiger partial charge < -0.3 is 83.8 Å². The van der Waals surface area contributed by atoms with E-state index in [4.69, 9.17) is 42.2 Å². The Hall–Kier alpha value is -3.24. The van der Waals surface area contributed by atoms with Crippen molar-refractivity contribution in [3.05, 3.63) is 0 Å². The van der Waals surface area contributed by atoms with Crippen molar-refractivity contribution in [3.63, 3.8) is 0 Å². The smallest absolute Gasteiger partial charge is 0.462 e. The highest BCUT2D eigenvalue weighted by molar-refractivity contribution is 7.46. The molecule has 2 aliphatic heterocycles. The van der Waals surface area contributed by atoms with Crippen molar-refractivity contribution >= 4 is 51.3 Å². The van der Waals surface area contributed by atoms with Crippen LogP contribution in [0.4, 0.5) is 0 Å². The van der Waals surface area contributed by atoms with E-state index in [1.54, 1.807) is 0 Å². The summed E-state index contributed by atoms with van der Waals surface area (Å²) in [4.78, 5) is 128. The summed E-state index contributed by atoms with van der Waals surface area (Å²) in [5, 5.41) is 51.4. The summed E-state index contributed by atoms with van der Waals surface area (Å²) in [6, 6.07) is -3.83. The van der Waals surface area contributed by atoms with Gasteiger partial charge >= 0.3 is 39.5 Å². The number of phosphoric ester groups is 2. The molecule has 123 heavy (non-hydrogen) atoms. The number of phosphoric acid groups is 2. The van der Waals surface area contributed by atoms with Crippen LogP contribution >= 0.6 is 15.6 Å². The Morgan fingerprint density at radius 3 is 1.03 bits per heavy atom. The van der Waals surface area contributed by atoms with Gasteiger partial charge in [0.15, 0.2) is 24.8 Å². The highest BCUT2D eigenvalue weighted by atomic mass is 31.2. The SMILES string of the molecule is CCCCCCCCCCCCCC(=O)O[C@H](CCCCCCCCCC)CCC(=O)O[C@@H]1[C@H](NC(=O)C[C@@H](CCCCCCCCCCC)OC(=O)CCCCCCCCCCC)[C@H](OC[C@H]2O[C@H](OP(=O)(O)O)[C@@H](NC(=O)C[C@H](O)CCCCCCCCCCC)[C@@H](OC(=O)C[C@H](O)CCCCCCCCCCC)[C@@H]2O)O[C@H](CO)[C@H]1OP(=O)(O)O. The zero-order valence-corrected chi connectivity index (χ0v) is 79.4. The largest absolute Gasteiger partial charge is 0.472 e. The van der Waals surface area contributed by atoms with Gasteiger partial charge in [-0.2, -0.15) is 0 Å². The molecule has 2 saturated heterocycles. The molecule has 10 N–H and O–H groups in total. The minimum atomic E-state index is -5.67. The summed E-state index contributed by atoms with van der Waals surface area (Å²) in [5.41, 5.74) is 0. The first-order valence-electron chi connectivity index (χ1n) is 49.7. The molecule has 0 spiro atoms. The zero-order chi connectivity index (χ0) is 90.4. The lowest BCUT2D eigenvalue weighted by Crippen LogP contribution is -2.68. The van der Waals surface area contributed by atoms with Crippen molar-refractivity contribution in [2.75, 3.05) is 13.2 Å². The number of unbranched alkanes of at least 4 members (excludes halogenated alkanes) is 49. The van der Waals surface area contributed by atoms with E-state index in [0.29, 0.717) is 44.9 Å². The van der Waals surface area contributed by atoms with Gasteiger partial charge in [-0.05, 0) is 57.8 Å². The molecule has 2 amide bonds. The van der Waals surface area contributed by atoms with Crippen LogP contribution in [0.25, 0.3) is 0 Å². The van der Waals surface area contributed by atoms with Gasteiger partial charge in [-0.15, -0.1) is 0 Å². The van der Waals surface area contributed by atoms with Gasteiger partial charge in [0.05, 0.1) is 44.7 Å². The second-order valence-corrected chi connectivity index (χ2v) is 37.9. The van der Waals surface area contributed by atoms with Crippen LogP contribution in [-0.4, -0.2) is 175 Å². The lowest BCUT2D eigenvalue weighted by Gasteiger charge is -2.47. The Bertz CT molecular complexity index is 2710. The molecule has 27 nitrogen and oxygen atoms in total. The van der Waals surface area contributed by atoms with E-state index in [2.05, 4.69) is 52.2 Å². The second-order valence-electron chi connectivity index (χ2n) is 35.5. The molecule has 0 aromatic heterocycles. The molecule has 0 saturated carbocycles. The number of aliphatic hydroxyl groups is 4. The van der Waals surface area contributed by atoms with Gasteiger partial charge in [-0.25, -0.2) is 9.13 Å². The minimum Gasteiger partial charge on any atom is -0.462 e. The van der Waals surface area contributed by atoms with Crippen molar-refractivity contribution in [3.8, 4) is 0 Å². The Morgan fingerprint density at radius 2 is 0.650 bits per heavy atom. The van der Waals surface area contributed by atoms with Crippen LogP contribution in [-0.2, 0) is 80.1 Å². The van der Waals surface area contributed by atoms with Crippen molar-refractivity contribution in [1.82, 2.24) is 10.6 Å². The van der Waals surface area contributed by atoms with Crippen molar-refractivity contribution in [1.29, 1.82) is 0 Å². The van der Waals surface area contributed by atoms with Gasteiger partial charge in [0.2, 0.25) is 11.8 Å². The van der Waals surface area contributed by atoms with Crippen LogP contribution < -0.4 is 10.6 Å². The lowest BCUT2D eigenvalue weighted by molar-refractivity contribution is -0.296. The molecule has 0 aromatic carbocycles. The number of esters is 4. The molecule has 2 rings (SSSR count). The molecular formula is C94H178N2O25P2. The average Bonchev–Trinajstić information content (AvgIpc) is 0.780. The maximum Gasteiger partial charge on any atom is 0.472 e. The number of nitrogens with one attached hydrogen (secondary N) is 2. The third-order valence-electron chi connectivity index (χ3n) is 23.9. The summed E-state index contributed by atoms with van der Waals surface area (Å²) in [6.07, 6.45) is 34.4. The third kappa shape index (κ3) is 61.9. The summed E-state index contributed by atoms with van der Waals surface area (Å²) in [5.74, 6) is -4.84. The van der Waals surface area contributed by atoms with E-state index in [1.165, 1.54) is 70.6 Å². The molecule has 0 bridgehead atoms. The Morgan fingerprint density at radius 1 is 0.333 bits per heavy atom. The fourth-order valence-corrected chi connectivity index (χ4v) is 17.6. The quantitative estimate of drug-likeness (QED) is 0.0117. The molecular weight excluding hydrogens is 1620 g/mol. The molecule has 2 aliphatic rings. The van der Waals surface area contributed by atoms with E-state index in [0.717, 1.165) is 244 Å². The number of ether oxygens (including phenoxy) is 7. The molecule has 14 atom stereocenters. The van der Waals surface area contributed by atoms with Gasteiger partial charge in [0.1, 0.15) is 48.7 Å². The van der Waals surface area contributed by atoms with Crippen molar-refractivity contribution in [2.24, 2.45) is 0 Å². The molecule has 0 unspecified atom stereocenters. The molecule has 0 radical (unpaired) electrons. The first-order valence-corrected chi connectivity index (χ1v) is 52.8. The van der Waals surface area contributed by atoms with E-state index >= 15 is 4.79 Å². The Balaban J connectivity index is 2.81. The van der Waals surface area contributed by atoms with Crippen LogP contribution in [0.3, 0.4) is 0 Å². The van der Waals surface area contributed by atoms with E-state index in [9.17, 15) is 73.1 Å². The summed E-state index contributed by atoms with van der Waals surface area (Å²) in [7, 11) is -11.3. The summed E-state index contributed by atoms with van der Waals surface area (Å²) in [6.45, 7) is 10.9. The maximum atomic E-state index is 15.1. The predicted octanol–water partition coefficient (Wildman–Crippen LogP) is 20.6. The van der Waals surface area contributed by atoms with Crippen molar-refractivity contribution < 1.29 is 120 Å². The van der Waals surface area contributed by atoms with Gasteiger partial charge in [0.25, 0.3) is 0 Å². The van der Waals surface area contributed by atoms with Gasteiger partial charge in [0, 0.05) is 19.3 Å². The Labute approximate surface area is 742 Å². The highest BCUT2D eigenvalue weighted by Crippen LogP contribution is 2.44. The van der Waals surface area contributed by atoms with Crippen LogP contribution in [0.5, 0.6) is 0 Å². The number of rotatable bonds is 84. The first kappa shape index (κ1) is 116. The third-order valence-corrected chi connectivity index (χ3v) is 24.9. The van der Waals surface area contributed by atoms with Crippen LogP contribution in [0, 0.1) is 0 Å². The Kier molecular flexibility index (Phi) is 71.0. The molecule has 29 heteroatoms. The van der Waals surface area contributed by atoms with Crippen LogP contribution in [0.1, 0.15) is 465 Å². The number of amides is 2. The van der Waals surface area contributed by atoms with E-state index < -0.39 is 176 Å². The predicted molar refractivity (Wildman–Crippen MR) is 481 cm³/mol. The number of hydrogen-bond acceptors (Lipinski definition) is 21. The number of hydrogen-bond donors (Lipinski definition) is 10. The van der Waals surface area contributed by atoms with E-state index in [-0.39, 0.29) is 38.5 Å². The molecule has 0 aliphatic carbocycles. The topological polar surface area (TPSA) is 406 Å². The standard InChI is InChI=1S/C94H178N2O25P2/c1-7-13-19-25-31-37-38-43-49-54-60-66-83(102)114-77(64-58-52-46-36-30-24-18-12-6)68-69-85(104)118-92-88(96-82(101)72-78(65-59-53-47-41-34-28-22-16-10-4)115-84(103)67-61-55-48-42-35-29-23-17-11-5)93(116-79(73-97)90(92)120-122(107,108)109)113-74-80-89(106)91(119-86(105)71-76(99)63-57-51-45-40-33-27-21-15-9-3)87(94(117-80)121-123(110,111)112)95-81(100)70-75(98)62-56-50-44-39-32-26-20-14-8-2/h75-80,87-94,97-99,106H,7-74H2,1-6H3,(H,95,100)(H,96,101)(H2,107,108,109)(H2,110,111,112)/t75-,76-,77-,78-,79-,80-,87+,88+,89-,90-,91-,92-,93-,94-/m1/s1. The molecule has 2 heterocycles. The fraction of sp³-hybridized carbons (Fsp3) is 0.936. The van der Waals surface area contributed by atoms with Gasteiger partial charge in [-0.3, -0.25) is 37.8 Å². The first-order chi connectivity index (χ1) is 59.3. The normalized spacial score (nSPS) is 20.4. The number of carbonyl (C=O) groups excluding carboxylic acids is 6. The summed E-state index contributed by atoms with van der Waals surface area (Å²) < 4.78 is 80.0. The fourth-order valence-electron chi connectivity index (χ4n) is 16.6. The molecule has 2 fully saturated rings. The number of aliphatic hydroxyl groups excluding tert-OH is 4. The van der Waals surface area contributed by atoms with Crippen LogP contribution in [0.2, 0.25) is 0 Å².